The Morgan fingerprint density at radius 1 is 0.689 bits per heavy atom. The van der Waals surface area contributed by atoms with Gasteiger partial charge >= 0.3 is 0 Å². The Morgan fingerprint density at radius 3 is 1.53 bits per heavy atom. The van der Waals surface area contributed by atoms with Gasteiger partial charge in [-0.25, -0.2) is 9.97 Å². The van der Waals surface area contributed by atoms with Crippen molar-refractivity contribution in [2.24, 2.45) is 25.9 Å². The maximum absolute atomic E-state index is 13.9. The highest BCUT2D eigenvalue weighted by Gasteiger charge is 2.34. The summed E-state index contributed by atoms with van der Waals surface area (Å²) in [5.74, 6) is 2.26. The number of ketones is 2. The van der Waals surface area contributed by atoms with Gasteiger partial charge in [0.1, 0.15) is 11.6 Å². The SMILES string of the molecule is Cc1nccn1C[C@@H]1CCc2c(c3cc(Cc4ccc5c(c4)c4c(n5C)CC[C@@H](Cn5ccnc5C)C4=O)ccc3n2C)C1=O. The number of hydrogen-bond donors (Lipinski definition) is 0. The van der Waals surface area contributed by atoms with Gasteiger partial charge in [0.25, 0.3) is 0 Å². The number of Topliss-reactive ketones (excluding diaryl/α,β-unsaturated/α-hetero) is 2. The number of aromatic nitrogens is 6. The van der Waals surface area contributed by atoms with Crippen molar-refractivity contribution in [3.05, 3.63) is 106 Å². The van der Waals surface area contributed by atoms with E-state index in [4.69, 9.17) is 0 Å². The van der Waals surface area contributed by atoms with E-state index >= 15 is 0 Å². The van der Waals surface area contributed by atoms with E-state index in [0.29, 0.717) is 13.1 Å². The molecule has 2 atom stereocenters. The van der Waals surface area contributed by atoms with Crippen LogP contribution in [0.2, 0.25) is 0 Å². The van der Waals surface area contributed by atoms with Crippen LogP contribution in [0, 0.1) is 25.7 Å². The number of hydrogen-bond acceptors (Lipinski definition) is 4. The van der Waals surface area contributed by atoms with E-state index < -0.39 is 0 Å². The molecule has 228 valence electrons. The van der Waals surface area contributed by atoms with Crippen molar-refractivity contribution in [1.82, 2.24) is 28.2 Å². The molecule has 2 aliphatic rings. The molecule has 45 heavy (non-hydrogen) atoms. The largest absolute Gasteiger partial charge is 0.347 e. The molecule has 0 N–H and O–H groups in total. The molecule has 0 amide bonds. The molecule has 0 fully saturated rings. The van der Waals surface area contributed by atoms with E-state index in [2.05, 4.69) is 78.7 Å². The number of carbonyl (C=O) groups excluding carboxylic acids is 2. The molecule has 6 aromatic rings. The maximum atomic E-state index is 13.9. The van der Waals surface area contributed by atoms with Crippen LogP contribution >= 0.6 is 0 Å². The van der Waals surface area contributed by atoms with Crippen molar-refractivity contribution in [3.8, 4) is 0 Å². The molecule has 4 aromatic heterocycles. The van der Waals surface area contributed by atoms with Gasteiger partial charge < -0.3 is 18.3 Å². The smallest absolute Gasteiger partial charge is 0.170 e. The lowest BCUT2D eigenvalue weighted by molar-refractivity contribution is 0.0880. The highest BCUT2D eigenvalue weighted by atomic mass is 16.1. The van der Waals surface area contributed by atoms with Crippen molar-refractivity contribution >= 4 is 33.4 Å². The first-order chi connectivity index (χ1) is 21.8. The minimum Gasteiger partial charge on any atom is -0.347 e. The Kier molecular flexibility index (Phi) is 6.45. The molecule has 0 radical (unpaired) electrons. The Morgan fingerprint density at radius 2 is 1.13 bits per heavy atom. The lowest BCUT2D eigenvalue weighted by Crippen LogP contribution is -2.27. The van der Waals surface area contributed by atoms with Crippen molar-refractivity contribution < 1.29 is 9.59 Å². The molecule has 0 unspecified atom stereocenters. The molecular formula is C37H38N6O2. The monoisotopic (exact) mass is 598 g/mol. The van der Waals surface area contributed by atoms with Gasteiger partial charge in [-0.05, 0) is 81.3 Å². The van der Waals surface area contributed by atoms with Crippen LogP contribution in [0.25, 0.3) is 21.8 Å². The number of carbonyl (C=O) groups is 2. The normalized spacial score (nSPS) is 18.2. The van der Waals surface area contributed by atoms with Crippen molar-refractivity contribution in [1.29, 1.82) is 0 Å². The molecule has 8 nitrogen and oxygen atoms in total. The van der Waals surface area contributed by atoms with Gasteiger partial charge in [0.2, 0.25) is 0 Å². The van der Waals surface area contributed by atoms with Crippen LogP contribution in [-0.2, 0) is 46.4 Å². The van der Waals surface area contributed by atoms with Gasteiger partial charge in [-0.15, -0.1) is 0 Å². The predicted molar refractivity (Wildman–Crippen MR) is 175 cm³/mol. The molecule has 4 heterocycles. The fourth-order valence-corrected chi connectivity index (χ4v) is 7.99. The second-order valence-corrected chi connectivity index (χ2v) is 13.1. The minimum atomic E-state index is -0.0506. The van der Waals surface area contributed by atoms with E-state index in [1.54, 1.807) is 12.4 Å². The quantitative estimate of drug-likeness (QED) is 0.230. The molecule has 0 bridgehead atoms. The van der Waals surface area contributed by atoms with Gasteiger partial charge in [-0.3, -0.25) is 9.59 Å². The van der Waals surface area contributed by atoms with Crippen LogP contribution in [0.1, 0.15) is 67.7 Å². The molecule has 0 spiro atoms. The van der Waals surface area contributed by atoms with Gasteiger partial charge in [-0.1, -0.05) is 12.1 Å². The molecular weight excluding hydrogens is 560 g/mol. The zero-order valence-corrected chi connectivity index (χ0v) is 26.4. The molecule has 2 aliphatic carbocycles. The molecule has 8 heteroatoms. The summed E-state index contributed by atoms with van der Waals surface area (Å²) < 4.78 is 8.60. The Bertz CT molecular complexity index is 2000. The molecule has 0 saturated heterocycles. The first-order valence-corrected chi connectivity index (χ1v) is 16.0. The summed E-state index contributed by atoms with van der Waals surface area (Å²) in [5, 5.41) is 2.10. The van der Waals surface area contributed by atoms with Crippen molar-refractivity contribution in [2.45, 2.75) is 59.0 Å². The minimum absolute atomic E-state index is 0.0506. The van der Waals surface area contributed by atoms with Gasteiger partial charge in [0.15, 0.2) is 11.6 Å². The van der Waals surface area contributed by atoms with Crippen LogP contribution in [0.4, 0.5) is 0 Å². The molecule has 2 aromatic carbocycles. The topological polar surface area (TPSA) is 79.6 Å². The molecule has 0 saturated carbocycles. The first kappa shape index (κ1) is 27.8. The number of fused-ring (bicyclic) bond motifs is 6. The fraction of sp³-hybridized carbons (Fsp3) is 0.351. The summed E-state index contributed by atoms with van der Waals surface area (Å²) in [7, 11) is 4.17. The number of imidazole rings is 2. The second-order valence-electron chi connectivity index (χ2n) is 13.1. The van der Waals surface area contributed by atoms with Gasteiger partial charge in [0.05, 0.1) is 0 Å². The van der Waals surface area contributed by atoms with E-state index in [0.717, 1.165) is 88.1 Å². The van der Waals surface area contributed by atoms with Crippen LogP contribution in [0.3, 0.4) is 0 Å². The third kappa shape index (κ3) is 4.41. The number of benzene rings is 2. The van der Waals surface area contributed by atoms with E-state index in [-0.39, 0.29) is 23.4 Å². The number of nitrogens with zero attached hydrogens (tertiary/aromatic N) is 6. The average molecular weight is 599 g/mol. The highest BCUT2D eigenvalue weighted by Crippen LogP contribution is 2.37. The maximum Gasteiger partial charge on any atom is 0.170 e. The Labute approximate surface area is 262 Å². The first-order valence-electron chi connectivity index (χ1n) is 16.0. The summed E-state index contributed by atoms with van der Waals surface area (Å²) in [6, 6.07) is 13.1. The van der Waals surface area contributed by atoms with E-state index in [1.165, 1.54) is 11.1 Å². The number of aryl methyl sites for hydroxylation is 4. The van der Waals surface area contributed by atoms with Crippen LogP contribution in [0.15, 0.2) is 61.2 Å². The predicted octanol–water partition coefficient (Wildman–Crippen LogP) is 6.16. The highest BCUT2D eigenvalue weighted by molar-refractivity contribution is 6.12. The van der Waals surface area contributed by atoms with Crippen molar-refractivity contribution in [2.75, 3.05) is 0 Å². The number of rotatable bonds is 6. The fourth-order valence-electron chi connectivity index (χ4n) is 7.99. The summed E-state index contributed by atoms with van der Waals surface area (Å²) >= 11 is 0. The summed E-state index contributed by atoms with van der Waals surface area (Å²) in [4.78, 5) is 36.6. The van der Waals surface area contributed by atoms with Crippen LogP contribution in [-0.4, -0.2) is 39.8 Å². The van der Waals surface area contributed by atoms with E-state index in [1.807, 2.05) is 26.2 Å². The third-order valence-corrected chi connectivity index (χ3v) is 10.6. The lowest BCUT2D eigenvalue weighted by Gasteiger charge is -2.23. The Balaban J connectivity index is 1.12. The third-order valence-electron chi connectivity index (χ3n) is 10.6. The summed E-state index contributed by atoms with van der Waals surface area (Å²) in [6.45, 7) is 5.32. The standard InChI is InChI=1S/C37H38N6O2/c1-22-38-13-15-42(22)20-26-7-11-32-34(36(26)44)28-18-24(5-9-30(28)40(32)3)17-25-6-10-31-29(19-25)35-33(41(31)4)12-8-27(37(35)45)21-43-16-14-39-23(43)2/h5-6,9-10,13-16,18-19,26-27H,7-8,11-12,17,20-21H2,1-4H3/t26-,27-/m0/s1. The zero-order valence-electron chi connectivity index (χ0n) is 26.4. The zero-order chi connectivity index (χ0) is 31.0. The average Bonchev–Trinajstić information content (AvgIpc) is 3.77. The molecule has 0 aliphatic heterocycles. The van der Waals surface area contributed by atoms with Crippen LogP contribution < -0.4 is 0 Å². The lowest BCUT2D eigenvalue weighted by atomic mass is 9.84. The van der Waals surface area contributed by atoms with E-state index in [9.17, 15) is 9.59 Å². The van der Waals surface area contributed by atoms with Crippen molar-refractivity contribution in [3.63, 3.8) is 0 Å². The molecule has 8 rings (SSSR count). The van der Waals surface area contributed by atoms with Crippen LogP contribution in [0.5, 0.6) is 0 Å². The summed E-state index contributed by atoms with van der Waals surface area (Å²) in [6.07, 6.45) is 11.8. The summed E-state index contributed by atoms with van der Waals surface area (Å²) in [5.41, 5.74) is 8.61. The van der Waals surface area contributed by atoms with Gasteiger partial charge in [0, 0.05) is 108 Å². The second kappa shape index (κ2) is 10.4. The van der Waals surface area contributed by atoms with Gasteiger partial charge in [-0.2, -0.15) is 0 Å². The Hall–Kier alpha value is -4.72.